The predicted molar refractivity (Wildman–Crippen MR) is 44.0 cm³/mol. The van der Waals surface area contributed by atoms with E-state index in [-0.39, 0.29) is 19.5 Å². The minimum absolute atomic E-state index is 0.122. The quantitative estimate of drug-likeness (QED) is 0.438. The minimum atomic E-state index is 0.122. The fourth-order valence-corrected chi connectivity index (χ4v) is 1.58. The second-order valence-electron chi connectivity index (χ2n) is 2.23. The van der Waals surface area contributed by atoms with Gasteiger partial charge < -0.3 is 9.59 Å². The summed E-state index contributed by atoms with van der Waals surface area (Å²) in [5, 5.41) is 0. The van der Waals surface area contributed by atoms with Crippen molar-refractivity contribution in [2.45, 2.75) is 37.8 Å². The lowest BCUT2D eigenvalue weighted by molar-refractivity contribution is 0.579. The molecule has 0 amide bonds. The van der Waals surface area contributed by atoms with Gasteiger partial charge in [0.1, 0.15) is 0 Å². The summed E-state index contributed by atoms with van der Waals surface area (Å²) in [4.78, 5) is 16.9. The summed E-state index contributed by atoms with van der Waals surface area (Å²) >= 11 is 0. The molecule has 0 rings (SSSR count). The third kappa shape index (κ3) is 8.35. The maximum Gasteiger partial charge on any atom is 0.224 e. The van der Waals surface area contributed by atoms with Gasteiger partial charge in [-0.05, 0) is 12.1 Å². The van der Waals surface area contributed by atoms with Gasteiger partial charge in [0.2, 0.25) is 19.5 Å². The van der Waals surface area contributed by atoms with E-state index in [1.807, 2.05) is 0 Å². The van der Waals surface area contributed by atoms with Crippen LogP contribution in [0.1, 0.15) is 25.7 Å². The van der Waals surface area contributed by atoms with E-state index in [9.17, 15) is 0 Å². The van der Waals surface area contributed by atoms with Crippen molar-refractivity contribution >= 4 is 19.5 Å². The predicted octanol–water partition coefficient (Wildman–Crippen LogP) is 0.606. The van der Waals surface area contributed by atoms with E-state index in [1.165, 1.54) is 12.8 Å². The van der Waals surface area contributed by atoms with E-state index >= 15 is 0 Å². The molecule has 0 fully saturated rings. The molecule has 2 N–H and O–H groups in total. The van der Waals surface area contributed by atoms with Gasteiger partial charge in [-0.25, -0.2) is 0 Å². The van der Waals surface area contributed by atoms with Gasteiger partial charge in [-0.15, -0.1) is 0 Å². The molecule has 0 aliphatic carbocycles. The summed E-state index contributed by atoms with van der Waals surface area (Å²) in [6, 6.07) is 1.92. The summed E-state index contributed by atoms with van der Waals surface area (Å²) < 4.78 is 0. The molecule has 0 saturated heterocycles. The normalized spacial score (nSPS) is 10.2. The van der Waals surface area contributed by atoms with E-state index in [4.69, 9.17) is 9.59 Å². The highest BCUT2D eigenvalue weighted by atomic mass is 28.2. The van der Waals surface area contributed by atoms with Crippen LogP contribution < -0.4 is 0 Å². The molecule has 58 valence electrons. The molecule has 10 heavy (non-hydrogen) atoms. The monoisotopic (exact) mass is 174 g/mol. The van der Waals surface area contributed by atoms with E-state index in [2.05, 4.69) is 0 Å². The molecule has 0 aliphatic rings. The standard InChI is InChI=1S/C6H14O2Si2/c7-9-5-3-1-2-4-6-10-8/h7-8H,1-6H2. The van der Waals surface area contributed by atoms with Gasteiger partial charge in [0.15, 0.2) is 0 Å². The van der Waals surface area contributed by atoms with Gasteiger partial charge in [0.25, 0.3) is 0 Å². The van der Waals surface area contributed by atoms with Gasteiger partial charge in [0.05, 0.1) is 0 Å². The second kappa shape index (κ2) is 9.35. The highest BCUT2D eigenvalue weighted by molar-refractivity contribution is 6.25. The molecule has 0 aromatic heterocycles. The second-order valence-corrected chi connectivity index (χ2v) is 3.86. The lowest BCUT2D eigenvalue weighted by Crippen LogP contribution is -1.88. The van der Waals surface area contributed by atoms with Crippen LogP contribution in [0.2, 0.25) is 12.1 Å². The first-order chi connectivity index (χ1) is 4.91. The number of unbranched alkanes of at least 4 members (excludes halogenated alkanes) is 3. The van der Waals surface area contributed by atoms with E-state index in [0.717, 1.165) is 24.9 Å². The zero-order chi connectivity index (χ0) is 7.66. The largest absolute Gasteiger partial charge is 0.432 e. The van der Waals surface area contributed by atoms with Crippen molar-refractivity contribution in [1.29, 1.82) is 0 Å². The zero-order valence-corrected chi connectivity index (χ0v) is 8.14. The smallest absolute Gasteiger partial charge is 0.224 e. The number of rotatable bonds is 7. The molecular formula is C6H14O2Si2. The Balaban J connectivity index is 2.65. The molecule has 0 spiro atoms. The van der Waals surface area contributed by atoms with Crippen LogP contribution in [0.4, 0.5) is 0 Å². The molecule has 2 nitrogen and oxygen atoms in total. The van der Waals surface area contributed by atoms with Crippen LogP contribution in [0.5, 0.6) is 0 Å². The third-order valence-electron chi connectivity index (χ3n) is 1.33. The van der Waals surface area contributed by atoms with Crippen molar-refractivity contribution in [3.05, 3.63) is 0 Å². The number of hydrogen-bond donors (Lipinski definition) is 2. The average molecular weight is 174 g/mol. The minimum Gasteiger partial charge on any atom is -0.432 e. The van der Waals surface area contributed by atoms with Gasteiger partial charge in [-0.3, -0.25) is 0 Å². The Morgan fingerprint density at radius 1 is 0.700 bits per heavy atom. The molecule has 0 bridgehead atoms. The van der Waals surface area contributed by atoms with Gasteiger partial charge >= 0.3 is 0 Å². The summed E-state index contributed by atoms with van der Waals surface area (Å²) in [6.07, 6.45) is 4.70. The maximum absolute atomic E-state index is 8.46. The van der Waals surface area contributed by atoms with Crippen LogP contribution in [0, 0.1) is 0 Å². The van der Waals surface area contributed by atoms with Crippen molar-refractivity contribution in [3.8, 4) is 0 Å². The molecule has 0 aliphatic heterocycles. The van der Waals surface area contributed by atoms with E-state index in [1.54, 1.807) is 0 Å². The highest BCUT2D eigenvalue weighted by Crippen LogP contribution is 2.04. The van der Waals surface area contributed by atoms with Crippen molar-refractivity contribution in [2.75, 3.05) is 0 Å². The van der Waals surface area contributed by atoms with Gasteiger partial charge in [-0.2, -0.15) is 0 Å². The van der Waals surface area contributed by atoms with Crippen molar-refractivity contribution in [2.24, 2.45) is 0 Å². The Hall–Kier alpha value is 0.354. The van der Waals surface area contributed by atoms with E-state index < -0.39 is 0 Å². The average Bonchev–Trinajstić information content (AvgIpc) is 1.97. The Labute approximate surface area is 67.5 Å². The molecule has 0 aromatic rings. The summed E-state index contributed by atoms with van der Waals surface area (Å²) in [7, 11) is 0.245. The molecule has 0 atom stereocenters. The Bertz CT molecular complexity index is 53.7. The topological polar surface area (TPSA) is 40.5 Å². The summed E-state index contributed by atoms with van der Waals surface area (Å²) in [5.41, 5.74) is 0. The molecular weight excluding hydrogens is 160 g/mol. The fourth-order valence-electron chi connectivity index (χ4n) is 0.762. The molecule has 0 heterocycles. The van der Waals surface area contributed by atoms with Crippen LogP contribution in [0.15, 0.2) is 0 Å². The van der Waals surface area contributed by atoms with Crippen molar-refractivity contribution in [3.63, 3.8) is 0 Å². The first-order valence-corrected chi connectivity index (χ1v) is 5.96. The van der Waals surface area contributed by atoms with Crippen LogP contribution >= 0.6 is 0 Å². The van der Waals surface area contributed by atoms with Crippen LogP contribution in [0.25, 0.3) is 0 Å². The first-order valence-electron chi connectivity index (χ1n) is 3.65. The Morgan fingerprint density at radius 2 is 1.10 bits per heavy atom. The first kappa shape index (κ1) is 10.4. The van der Waals surface area contributed by atoms with E-state index in [0.29, 0.717) is 0 Å². The van der Waals surface area contributed by atoms with Crippen LogP contribution in [-0.4, -0.2) is 29.1 Å². The maximum atomic E-state index is 8.46. The fraction of sp³-hybridized carbons (Fsp3) is 1.00. The molecule has 0 saturated carbocycles. The van der Waals surface area contributed by atoms with Crippen molar-refractivity contribution < 1.29 is 9.59 Å². The molecule has 4 radical (unpaired) electrons. The third-order valence-corrected chi connectivity index (χ3v) is 2.48. The SMILES string of the molecule is O[Si]CCCCCC[Si]O. The molecule has 0 unspecified atom stereocenters. The zero-order valence-electron chi connectivity index (χ0n) is 6.14. The van der Waals surface area contributed by atoms with Crippen molar-refractivity contribution in [1.82, 2.24) is 0 Å². The molecule has 0 aromatic carbocycles. The lowest BCUT2D eigenvalue weighted by Gasteiger charge is -1.95. The Morgan fingerprint density at radius 3 is 1.40 bits per heavy atom. The van der Waals surface area contributed by atoms with Crippen LogP contribution in [-0.2, 0) is 0 Å². The summed E-state index contributed by atoms with van der Waals surface area (Å²) in [5.74, 6) is 0. The summed E-state index contributed by atoms with van der Waals surface area (Å²) in [6.45, 7) is 0. The van der Waals surface area contributed by atoms with Gasteiger partial charge in [0, 0.05) is 0 Å². The van der Waals surface area contributed by atoms with Gasteiger partial charge in [-0.1, -0.05) is 25.7 Å². The highest BCUT2D eigenvalue weighted by Gasteiger charge is 1.90. The molecule has 4 heteroatoms. The van der Waals surface area contributed by atoms with Crippen LogP contribution in [0.3, 0.4) is 0 Å². The number of hydrogen-bond acceptors (Lipinski definition) is 2. The Kier molecular flexibility index (Phi) is 9.68. The lowest BCUT2D eigenvalue weighted by atomic mass is 10.2.